The molecule has 2 fully saturated rings. The van der Waals surface area contributed by atoms with E-state index in [4.69, 9.17) is 4.74 Å². The van der Waals surface area contributed by atoms with Crippen LogP contribution in [0.25, 0.3) is 0 Å². The van der Waals surface area contributed by atoms with Crippen molar-refractivity contribution < 1.29 is 18.7 Å². The van der Waals surface area contributed by atoms with E-state index in [9.17, 15) is 14.0 Å². The van der Waals surface area contributed by atoms with Gasteiger partial charge in [0.2, 0.25) is 11.8 Å². The van der Waals surface area contributed by atoms with Gasteiger partial charge in [-0.2, -0.15) is 0 Å². The molecule has 7 heteroatoms. The van der Waals surface area contributed by atoms with Crippen LogP contribution in [-0.4, -0.2) is 74.6 Å². The molecule has 1 aromatic rings. The van der Waals surface area contributed by atoms with Gasteiger partial charge in [0.1, 0.15) is 5.82 Å². The number of nitrogens with zero attached hydrogens (tertiary/aromatic N) is 3. The highest BCUT2D eigenvalue weighted by Gasteiger charge is 2.36. The van der Waals surface area contributed by atoms with Crippen molar-refractivity contribution in [3.63, 3.8) is 0 Å². The molecule has 0 spiro atoms. The van der Waals surface area contributed by atoms with Gasteiger partial charge in [-0.1, -0.05) is 0 Å². The maximum atomic E-state index is 13.0. The fourth-order valence-electron chi connectivity index (χ4n) is 3.65. The second-order valence-electron chi connectivity index (χ2n) is 6.88. The Morgan fingerprint density at radius 3 is 2.54 bits per heavy atom. The van der Waals surface area contributed by atoms with Crippen LogP contribution >= 0.6 is 0 Å². The first-order valence-electron chi connectivity index (χ1n) is 9.14. The van der Waals surface area contributed by atoms with Crippen molar-refractivity contribution in [2.45, 2.75) is 12.8 Å². The normalized spacial score (nSPS) is 20.8. The molecule has 26 heavy (non-hydrogen) atoms. The van der Waals surface area contributed by atoms with Crippen LogP contribution in [0.15, 0.2) is 24.3 Å². The van der Waals surface area contributed by atoms with Gasteiger partial charge in [0, 0.05) is 65.1 Å². The zero-order valence-electron chi connectivity index (χ0n) is 15.2. The molecule has 0 N–H and O–H groups in total. The van der Waals surface area contributed by atoms with Gasteiger partial charge in [-0.15, -0.1) is 0 Å². The highest BCUT2D eigenvalue weighted by molar-refractivity contribution is 5.89. The molecule has 0 bridgehead atoms. The lowest BCUT2D eigenvalue weighted by Gasteiger charge is -2.37. The fourth-order valence-corrected chi connectivity index (χ4v) is 3.65. The number of likely N-dealkylation sites (tertiary alicyclic amines) is 1. The van der Waals surface area contributed by atoms with Crippen LogP contribution in [0.2, 0.25) is 0 Å². The highest BCUT2D eigenvalue weighted by Crippen LogP contribution is 2.22. The van der Waals surface area contributed by atoms with Gasteiger partial charge in [0.25, 0.3) is 0 Å². The topological polar surface area (TPSA) is 53.1 Å². The number of ether oxygens (including phenoxy) is 1. The Kier molecular flexibility index (Phi) is 6.08. The summed E-state index contributed by atoms with van der Waals surface area (Å²) in [5.41, 5.74) is 0.971. The second-order valence-corrected chi connectivity index (χ2v) is 6.88. The van der Waals surface area contributed by atoms with Crippen LogP contribution in [0.3, 0.4) is 0 Å². The third kappa shape index (κ3) is 4.33. The minimum Gasteiger partial charge on any atom is -0.385 e. The quantitative estimate of drug-likeness (QED) is 0.716. The standard InChI is InChI=1S/C19H26FN3O3/c1-26-12-2-7-23-14-15(13-18(23)24)19(25)22-10-8-21(9-11-22)17-5-3-16(20)4-6-17/h3-6,15H,2,7-14H2,1H3. The summed E-state index contributed by atoms with van der Waals surface area (Å²) in [5, 5.41) is 0. The van der Waals surface area contributed by atoms with E-state index in [-0.39, 0.29) is 23.5 Å². The van der Waals surface area contributed by atoms with E-state index in [1.165, 1.54) is 12.1 Å². The third-order valence-corrected chi connectivity index (χ3v) is 5.12. The largest absolute Gasteiger partial charge is 0.385 e. The van der Waals surface area contributed by atoms with E-state index in [0.717, 1.165) is 25.2 Å². The Morgan fingerprint density at radius 1 is 1.19 bits per heavy atom. The van der Waals surface area contributed by atoms with Crippen LogP contribution < -0.4 is 4.90 Å². The lowest BCUT2D eigenvalue weighted by molar-refractivity contribution is -0.136. The van der Waals surface area contributed by atoms with Crippen molar-refractivity contribution in [2.75, 3.05) is 57.9 Å². The number of carbonyl (C=O) groups is 2. The van der Waals surface area contributed by atoms with E-state index >= 15 is 0 Å². The molecule has 2 amide bonds. The first-order valence-corrected chi connectivity index (χ1v) is 9.14. The first-order chi connectivity index (χ1) is 12.6. The molecule has 1 unspecified atom stereocenters. The van der Waals surface area contributed by atoms with Crippen molar-refractivity contribution >= 4 is 17.5 Å². The molecule has 6 nitrogen and oxygen atoms in total. The number of hydrogen-bond acceptors (Lipinski definition) is 4. The zero-order valence-corrected chi connectivity index (χ0v) is 15.2. The van der Waals surface area contributed by atoms with Gasteiger partial charge in [-0.25, -0.2) is 4.39 Å². The van der Waals surface area contributed by atoms with Crippen LogP contribution in [-0.2, 0) is 14.3 Å². The van der Waals surface area contributed by atoms with Crippen molar-refractivity contribution in [3.05, 3.63) is 30.1 Å². The number of piperazine rings is 1. The summed E-state index contributed by atoms with van der Waals surface area (Å²) < 4.78 is 18.1. The number of anilines is 1. The predicted molar refractivity (Wildman–Crippen MR) is 96.4 cm³/mol. The summed E-state index contributed by atoms with van der Waals surface area (Å²) >= 11 is 0. The molecule has 2 aliphatic rings. The van der Waals surface area contributed by atoms with E-state index in [1.807, 2.05) is 4.90 Å². The number of halogens is 1. The van der Waals surface area contributed by atoms with E-state index in [1.54, 1.807) is 24.1 Å². The van der Waals surface area contributed by atoms with Crippen LogP contribution in [0, 0.1) is 11.7 Å². The average molecular weight is 363 g/mol. The van der Waals surface area contributed by atoms with E-state index < -0.39 is 0 Å². The molecular formula is C19H26FN3O3. The van der Waals surface area contributed by atoms with Gasteiger partial charge in [-0.05, 0) is 30.7 Å². The summed E-state index contributed by atoms with van der Waals surface area (Å²) in [4.78, 5) is 30.7. The Bertz CT molecular complexity index is 629. The smallest absolute Gasteiger partial charge is 0.228 e. The molecule has 2 heterocycles. The molecule has 3 rings (SSSR count). The lowest BCUT2D eigenvalue weighted by Crippen LogP contribution is -2.50. The molecular weight excluding hydrogens is 337 g/mol. The van der Waals surface area contributed by atoms with Crippen molar-refractivity contribution in [1.29, 1.82) is 0 Å². The summed E-state index contributed by atoms with van der Waals surface area (Å²) in [5.74, 6) is -0.346. The minimum absolute atomic E-state index is 0.0596. The molecule has 2 saturated heterocycles. The van der Waals surface area contributed by atoms with Crippen LogP contribution in [0.5, 0.6) is 0 Å². The van der Waals surface area contributed by atoms with Gasteiger partial charge < -0.3 is 19.4 Å². The van der Waals surface area contributed by atoms with Gasteiger partial charge >= 0.3 is 0 Å². The molecule has 1 atom stereocenters. The Labute approximate surface area is 153 Å². The number of rotatable bonds is 6. The highest BCUT2D eigenvalue weighted by atomic mass is 19.1. The van der Waals surface area contributed by atoms with E-state index in [2.05, 4.69) is 4.90 Å². The Balaban J connectivity index is 1.49. The van der Waals surface area contributed by atoms with Crippen molar-refractivity contribution in [3.8, 4) is 0 Å². The Morgan fingerprint density at radius 2 is 1.88 bits per heavy atom. The fraction of sp³-hybridized carbons (Fsp3) is 0.579. The average Bonchev–Trinajstić information content (AvgIpc) is 3.03. The van der Waals surface area contributed by atoms with Crippen LogP contribution in [0.1, 0.15) is 12.8 Å². The third-order valence-electron chi connectivity index (χ3n) is 5.12. The molecule has 2 aliphatic heterocycles. The van der Waals surface area contributed by atoms with E-state index in [0.29, 0.717) is 39.2 Å². The van der Waals surface area contributed by atoms with Crippen molar-refractivity contribution in [2.24, 2.45) is 5.92 Å². The Hall–Kier alpha value is -2.15. The van der Waals surface area contributed by atoms with Gasteiger partial charge in [0.05, 0.1) is 5.92 Å². The summed E-state index contributed by atoms with van der Waals surface area (Å²) in [7, 11) is 1.64. The molecule has 0 aromatic heterocycles. The molecule has 0 saturated carbocycles. The van der Waals surface area contributed by atoms with Gasteiger partial charge in [-0.3, -0.25) is 9.59 Å². The number of hydrogen-bond donors (Lipinski definition) is 0. The molecule has 142 valence electrons. The van der Waals surface area contributed by atoms with Gasteiger partial charge in [0.15, 0.2) is 0 Å². The molecule has 0 aliphatic carbocycles. The maximum absolute atomic E-state index is 13.0. The SMILES string of the molecule is COCCCN1CC(C(=O)N2CCN(c3ccc(F)cc3)CC2)CC1=O. The first kappa shape index (κ1) is 18.6. The number of methoxy groups -OCH3 is 1. The van der Waals surface area contributed by atoms with Crippen molar-refractivity contribution in [1.82, 2.24) is 9.80 Å². The number of amides is 2. The summed E-state index contributed by atoms with van der Waals surface area (Å²) in [6, 6.07) is 6.44. The summed E-state index contributed by atoms with van der Waals surface area (Å²) in [6.45, 7) is 4.47. The molecule has 0 radical (unpaired) electrons. The lowest BCUT2D eigenvalue weighted by atomic mass is 10.1. The predicted octanol–water partition coefficient (Wildman–Crippen LogP) is 1.36. The molecule has 1 aromatic carbocycles. The number of carbonyl (C=O) groups excluding carboxylic acids is 2. The van der Waals surface area contributed by atoms with Crippen LogP contribution in [0.4, 0.5) is 10.1 Å². The second kappa shape index (κ2) is 8.49. The number of benzene rings is 1. The minimum atomic E-state index is -0.247. The summed E-state index contributed by atoms with van der Waals surface area (Å²) in [6.07, 6.45) is 1.10. The maximum Gasteiger partial charge on any atom is 0.228 e. The zero-order chi connectivity index (χ0) is 18.5. The monoisotopic (exact) mass is 363 g/mol.